The Balaban J connectivity index is 1.83. The fourth-order valence-electron chi connectivity index (χ4n) is 2.84. The molecule has 0 aliphatic rings. The van der Waals surface area contributed by atoms with Gasteiger partial charge in [-0.25, -0.2) is 9.50 Å². The summed E-state index contributed by atoms with van der Waals surface area (Å²) >= 11 is 1.74. The maximum Gasteiger partial charge on any atom is 0.128 e. The molecule has 3 nitrogen and oxygen atoms in total. The lowest BCUT2D eigenvalue weighted by Crippen LogP contribution is -1.96. The van der Waals surface area contributed by atoms with Gasteiger partial charge in [-0.3, -0.25) is 0 Å². The van der Waals surface area contributed by atoms with E-state index in [1.54, 1.807) is 11.8 Å². The van der Waals surface area contributed by atoms with Crippen LogP contribution in [0.4, 0.5) is 0 Å². The van der Waals surface area contributed by atoms with Gasteiger partial charge in [-0.1, -0.05) is 42.5 Å². The highest BCUT2D eigenvalue weighted by molar-refractivity contribution is 7.98. The molecule has 0 aliphatic carbocycles. The maximum atomic E-state index is 4.79. The van der Waals surface area contributed by atoms with Gasteiger partial charge < -0.3 is 0 Å². The number of aryl methyl sites for hydroxylation is 1. The summed E-state index contributed by atoms with van der Waals surface area (Å²) in [7, 11) is 0. The summed E-state index contributed by atoms with van der Waals surface area (Å²) in [5.41, 5.74) is 5.19. The van der Waals surface area contributed by atoms with Crippen LogP contribution in [0, 0.1) is 6.92 Å². The van der Waals surface area contributed by atoms with Crippen LogP contribution in [-0.2, 0) is 0 Å². The van der Waals surface area contributed by atoms with Gasteiger partial charge in [-0.15, -0.1) is 11.8 Å². The van der Waals surface area contributed by atoms with Gasteiger partial charge in [0.2, 0.25) is 0 Å². The van der Waals surface area contributed by atoms with Gasteiger partial charge in [0.05, 0.1) is 16.9 Å². The third-order valence-corrected chi connectivity index (χ3v) is 4.83. The molecule has 118 valence electrons. The Bertz CT molecular complexity index is 989. The van der Waals surface area contributed by atoms with Crippen LogP contribution in [0.25, 0.3) is 28.0 Å². The first kappa shape index (κ1) is 15.0. The van der Waals surface area contributed by atoms with E-state index in [1.807, 2.05) is 29.6 Å². The van der Waals surface area contributed by atoms with Crippen LogP contribution in [0.15, 0.2) is 71.6 Å². The van der Waals surface area contributed by atoms with Gasteiger partial charge in [0.1, 0.15) is 5.82 Å². The van der Waals surface area contributed by atoms with Crippen LogP contribution >= 0.6 is 11.8 Å². The Hall–Kier alpha value is -2.59. The van der Waals surface area contributed by atoms with Crippen LogP contribution in [0.3, 0.4) is 0 Å². The third-order valence-electron chi connectivity index (χ3n) is 4.09. The number of aromatic nitrogens is 3. The molecule has 0 spiro atoms. The lowest BCUT2D eigenvalue weighted by Gasteiger charge is -2.04. The minimum Gasteiger partial charge on any atom is -0.231 e. The van der Waals surface area contributed by atoms with E-state index in [1.165, 1.54) is 4.90 Å². The largest absolute Gasteiger partial charge is 0.231 e. The van der Waals surface area contributed by atoms with Crippen LogP contribution in [0.2, 0.25) is 0 Å². The number of hydrogen-bond acceptors (Lipinski definition) is 3. The predicted octanol–water partition coefficient (Wildman–Crippen LogP) is 5.09. The van der Waals surface area contributed by atoms with E-state index < -0.39 is 0 Å². The van der Waals surface area contributed by atoms with Crippen molar-refractivity contribution in [1.29, 1.82) is 0 Å². The highest BCUT2D eigenvalue weighted by atomic mass is 32.2. The van der Waals surface area contributed by atoms with Crippen molar-refractivity contribution in [3.05, 3.63) is 72.6 Å². The normalized spacial score (nSPS) is 11.1. The SMILES string of the molecule is CSc1ccc(-c2ccc3c(-c4ccccc4)nc(C)n3n2)cc1. The Labute approximate surface area is 145 Å². The first-order valence-electron chi connectivity index (χ1n) is 7.82. The molecule has 0 amide bonds. The van der Waals surface area contributed by atoms with Crippen molar-refractivity contribution in [2.75, 3.05) is 6.26 Å². The highest BCUT2D eigenvalue weighted by Crippen LogP contribution is 2.27. The molecule has 2 heterocycles. The number of benzene rings is 2. The average Bonchev–Trinajstić information content (AvgIpc) is 2.99. The molecule has 0 radical (unpaired) electrons. The van der Waals surface area contributed by atoms with Crippen molar-refractivity contribution in [3.63, 3.8) is 0 Å². The number of nitrogens with zero attached hydrogens (tertiary/aromatic N) is 3. The molecule has 2 aromatic heterocycles. The monoisotopic (exact) mass is 331 g/mol. The second kappa shape index (κ2) is 6.13. The Morgan fingerprint density at radius 1 is 0.833 bits per heavy atom. The summed E-state index contributed by atoms with van der Waals surface area (Å²) in [5.74, 6) is 0.895. The number of fused-ring (bicyclic) bond motifs is 1. The molecular formula is C20H17N3S. The fraction of sp³-hybridized carbons (Fsp3) is 0.100. The zero-order chi connectivity index (χ0) is 16.5. The van der Waals surface area contributed by atoms with Gasteiger partial charge in [-0.05, 0) is 37.4 Å². The third kappa shape index (κ3) is 2.59. The topological polar surface area (TPSA) is 30.2 Å². The summed E-state index contributed by atoms with van der Waals surface area (Å²) in [5, 5.41) is 4.79. The smallest absolute Gasteiger partial charge is 0.128 e. The molecule has 0 aliphatic heterocycles. The Morgan fingerprint density at radius 2 is 1.58 bits per heavy atom. The fourth-order valence-corrected chi connectivity index (χ4v) is 3.25. The minimum atomic E-state index is 0.895. The van der Waals surface area contributed by atoms with E-state index in [0.29, 0.717) is 0 Å². The van der Waals surface area contributed by atoms with E-state index >= 15 is 0 Å². The van der Waals surface area contributed by atoms with Crippen molar-refractivity contribution in [2.45, 2.75) is 11.8 Å². The molecule has 24 heavy (non-hydrogen) atoms. The lowest BCUT2D eigenvalue weighted by atomic mass is 10.1. The number of thioether (sulfide) groups is 1. The summed E-state index contributed by atoms with van der Waals surface area (Å²) in [6, 6.07) is 22.9. The minimum absolute atomic E-state index is 0.895. The van der Waals surface area contributed by atoms with Crippen LogP contribution in [0.5, 0.6) is 0 Å². The lowest BCUT2D eigenvalue weighted by molar-refractivity contribution is 0.882. The highest BCUT2D eigenvalue weighted by Gasteiger charge is 2.12. The van der Waals surface area contributed by atoms with Crippen LogP contribution in [-0.4, -0.2) is 20.9 Å². The molecule has 0 fully saturated rings. The molecule has 4 heteroatoms. The molecular weight excluding hydrogens is 314 g/mol. The van der Waals surface area contributed by atoms with Crippen molar-refractivity contribution in [1.82, 2.24) is 14.6 Å². The molecule has 0 unspecified atom stereocenters. The van der Waals surface area contributed by atoms with E-state index in [0.717, 1.165) is 33.9 Å². The molecule has 0 N–H and O–H groups in total. The molecule has 2 aromatic carbocycles. The number of rotatable bonds is 3. The van der Waals surface area contributed by atoms with Crippen molar-refractivity contribution < 1.29 is 0 Å². The molecule has 0 saturated carbocycles. The molecule has 0 atom stereocenters. The van der Waals surface area contributed by atoms with Gasteiger partial charge >= 0.3 is 0 Å². The van der Waals surface area contributed by atoms with Crippen molar-refractivity contribution >= 4 is 17.3 Å². The first-order valence-corrected chi connectivity index (χ1v) is 9.05. The van der Waals surface area contributed by atoms with E-state index in [-0.39, 0.29) is 0 Å². The quantitative estimate of drug-likeness (QED) is 0.490. The zero-order valence-electron chi connectivity index (χ0n) is 13.6. The van der Waals surface area contributed by atoms with Gasteiger partial charge in [0, 0.05) is 16.0 Å². The second-order valence-electron chi connectivity index (χ2n) is 5.62. The second-order valence-corrected chi connectivity index (χ2v) is 6.50. The van der Waals surface area contributed by atoms with Gasteiger partial charge in [0.25, 0.3) is 0 Å². The first-order chi connectivity index (χ1) is 11.8. The van der Waals surface area contributed by atoms with E-state index in [4.69, 9.17) is 10.1 Å². The Morgan fingerprint density at radius 3 is 2.29 bits per heavy atom. The summed E-state index contributed by atoms with van der Waals surface area (Å²) in [6.45, 7) is 1.99. The van der Waals surface area contributed by atoms with E-state index in [9.17, 15) is 0 Å². The average molecular weight is 331 g/mol. The number of hydrogen-bond donors (Lipinski definition) is 0. The maximum absolute atomic E-state index is 4.79. The predicted molar refractivity (Wildman–Crippen MR) is 100 cm³/mol. The zero-order valence-corrected chi connectivity index (χ0v) is 14.4. The number of imidazole rings is 1. The van der Waals surface area contributed by atoms with E-state index in [2.05, 4.69) is 54.8 Å². The molecule has 4 aromatic rings. The van der Waals surface area contributed by atoms with Gasteiger partial charge in [0.15, 0.2) is 0 Å². The van der Waals surface area contributed by atoms with Crippen molar-refractivity contribution in [2.24, 2.45) is 0 Å². The van der Waals surface area contributed by atoms with Crippen molar-refractivity contribution in [3.8, 4) is 22.5 Å². The summed E-state index contributed by atoms with van der Waals surface area (Å²) < 4.78 is 1.93. The summed E-state index contributed by atoms with van der Waals surface area (Å²) in [4.78, 5) is 5.97. The van der Waals surface area contributed by atoms with Crippen LogP contribution < -0.4 is 0 Å². The molecule has 0 saturated heterocycles. The standard InChI is InChI=1S/C20H17N3S/c1-14-21-20(16-6-4-3-5-7-16)19-13-12-18(22-23(14)19)15-8-10-17(24-2)11-9-15/h3-13H,1-2H3. The van der Waals surface area contributed by atoms with Gasteiger partial charge in [-0.2, -0.15) is 5.10 Å². The Kier molecular flexibility index (Phi) is 3.82. The molecule has 0 bridgehead atoms. The molecule has 4 rings (SSSR count). The summed E-state index contributed by atoms with van der Waals surface area (Å²) in [6.07, 6.45) is 2.08. The van der Waals surface area contributed by atoms with Crippen LogP contribution in [0.1, 0.15) is 5.82 Å².